The van der Waals surface area contributed by atoms with Crippen LogP contribution in [0, 0.1) is 5.92 Å². The summed E-state index contributed by atoms with van der Waals surface area (Å²) in [5.74, 6) is 0.921. The van der Waals surface area contributed by atoms with E-state index in [9.17, 15) is 4.79 Å². The molecule has 92 valence electrons. The topological polar surface area (TPSA) is 29.1 Å². The van der Waals surface area contributed by atoms with E-state index in [0.29, 0.717) is 0 Å². The molecule has 1 aromatic rings. The molecule has 0 aliphatic heterocycles. The fourth-order valence-electron chi connectivity index (χ4n) is 2.83. The maximum Gasteiger partial charge on any atom is 0.227 e. The lowest BCUT2D eigenvalue weighted by Crippen LogP contribution is -2.27. The van der Waals surface area contributed by atoms with Crippen LogP contribution in [0.25, 0.3) is 0 Å². The molecule has 1 amide bonds. The first kappa shape index (κ1) is 12.2. The van der Waals surface area contributed by atoms with E-state index in [1.54, 1.807) is 7.05 Å². The predicted molar refractivity (Wildman–Crippen MR) is 69.8 cm³/mol. The molecule has 0 radical (unpaired) electrons. The van der Waals surface area contributed by atoms with Gasteiger partial charge in [0.05, 0.1) is 5.92 Å². The zero-order chi connectivity index (χ0) is 12.1. The molecule has 1 N–H and O–H groups in total. The van der Waals surface area contributed by atoms with Crippen molar-refractivity contribution in [2.45, 2.75) is 38.0 Å². The summed E-state index contributed by atoms with van der Waals surface area (Å²) in [5.41, 5.74) is 1.15. The first-order chi connectivity index (χ1) is 8.31. The van der Waals surface area contributed by atoms with Crippen LogP contribution in [-0.2, 0) is 4.79 Å². The Morgan fingerprint density at radius 3 is 2.53 bits per heavy atom. The lowest BCUT2D eigenvalue weighted by atomic mass is 9.87. The third-order valence-corrected chi connectivity index (χ3v) is 3.81. The molecule has 1 saturated carbocycles. The minimum Gasteiger partial charge on any atom is -0.359 e. The monoisotopic (exact) mass is 231 g/mol. The highest BCUT2D eigenvalue weighted by Gasteiger charge is 2.25. The number of hydrogen-bond donors (Lipinski definition) is 1. The molecule has 1 aromatic carbocycles. The van der Waals surface area contributed by atoms with E-state index in [0.717, 1.165) is 17.9 Å². The van der Waals surface area contributed by atoms with Crippen LogP contribution in [0.3, 0.4) is 0 Å². The van der Waals surface area contributed by atoms with Crippen LogP contribution < -0.4 is 5.32 Å². The van der Waals surface area contributed by atoms with Crippen LogP contribution in [0.5, 0.6) is 0 Å². The number of likely N-dealkylation sites (N-methyl/N-ethyl adjacent to an activating group) is 1. The van der Waals surface area contributed by atoms with Crippen LogP contribution in [0.2, 0.25) is 0 Å². The fourth-order valence-corrected chi connectivity index (χ4v) is 2.83. The van der Waals surface area contributed by atoms with Gasteiger partial charge in [0.15, 0.2) is 0 Å². The van der Waals surface area contributed by atoms with Gasteiger partial charge in [0, 0.05) is 7.05 Å². The second-order valence-electron chi connectivity index (χ2n) is 4.96. The van der Waals surface area contributed by atoms with E-state index < -0.39 is 0 Å². The van der Waals surface area contributed by atoms with Gasteiger partial charge in [-0.2, -0.15) is 0 Å². The fraction of sp³-hybridized carbons (Fsp3) is 0.533. The zero-order valence-corrected chi connectivity index (χ0v) is 10.5. The summed E-state index contributed by atoms with van der Waals surface area (Å²) in [6, 6.07) is 10.2. The number of hydrogen-bond acceptors (Lipinski definition) is 1. The van der Waals surface area contributed by atoms with Crippen molar-refractivity contribution in [2.24, 2.45) is 5.92 Å². The number of carbonyl (C=O) groups excluding carboxylic acids is 1. The highest BCUT2D eigenvalue weighted by atomic mass is 16.1. The Labute approximate surface area is 103 Å². The molecular formula is C15H21NO. The lowest BCUT2D eigenvalue weighted by molar-refractivity contribution is -0.122. The van der Waals surface area contributed by atoms with Crippen LogP contribution in [0.15, 0.2) is 30.3 Å². The molecule has 0 saturated heterocycles. The summed E-state index contributed by atoms with van der Waals surface area (Å²) >= 11 is 0. The number of benzene rings is 1. The first-order valence-corrected chi connectivity index (χ1v) is 6.58. The van der Waals surface area contributed by atoms with Crippen molar-refractivity contribution in [1.29, 1.82) is 0 Å². The lowest BCUT2D eigenvalue weighted by Gasteiger charge is -2.19. The first-order valence-electron chi connectivity index (χ1n) is 6.58. The van der Waals surface area contributed by atoms with Gasteiger partial charge in [0.2, 0.25) is 5.91 Å². The zero-order valence-electron chi connectivity index (χ0n) is 10.5. The second-order valence-corrected chi connectivity index (χ2v) is 4.96. The largest absolute Gasteiger partial charge is 0.359 e. The van der Waals surface area contributed by atoms with E-state index in [4.69, 9.17) is 0 Å². The summed E-state index contributed by atoms with van der Waals surface area (Å²) in [7, 11) is 1.73. The summed E-state index contributed by atoms with van der Waals surface area (Å²) in [4.78, 5) is 12.0. The van der Waals surface area contributed by atoms with Crippen molar-refractivity contribution in [2.75, 3.05) is 7.05 Å². The Morgan fingerprint density at radius 2 is 1.94 bits per heavy atom. The molecule has 0 heterocycles. The van der Waals surface area contributed by atoms with Gasteiger partial charge in [0.1, 0.15) is 0 Å². The molecule has 0 aromatic heterocycles. The summed E-state index contributed by atoms with van der Waals surface area (Å²) in [5, 5.41) is 2.80. The van der Waals surface area contributed by atoms with E-state index in [1.807, 2.05) is 18.2 Å². The maximum atomic E-state index is 12.0. The number of rotatable bonds is 4. The average molecular weight is 231 g/mol. The third kappa shape index (κ3) is 3.09. The molecule has 2 rings (SSSR count). The Hall–Kier alpha value is -1.31. The SMILES string of the molecule is CNC(=O)C(CC1CCCC1)c1ccccc1. The van der Waals surface area contributed by atoms with Gasteiger partial charge in [-0.15, -0.1) is 0 Å². The number of carbonyl (C=O) groups is 1. The second kappa shape index (κ2) is 5.85. The average Bonchev–Trinajstić information content (AvgIpc) is 2.89. The molecule has 1 aliphatic carbocycles. The highest BCUT2D eigenvalue weighted by Crippen LogP contribution is 2.34. The molecule has 1 atom stereocenters. The van der Waals surface area contributed by atoms with Crippen LogP contribution in [-0.4, -0.2) is 13.0 Å². The van der Waals surface area contributed by atoms with Gasteiger partial charge in [-0.3, -0.25) is 4.79 Å². The Morgan fingerprint density at radius 1 is 1.29 bits per heavy atom. The highest BCUT2D eigenvalue weighted by molar-refractivity contribution is 5.83. The van der Waals surface area contributed by atoms with Gasteiger partial charge in [-0.05, 0) is 17.9 Å². The Balaban J connectivity index is 2.10. The van der Waals surface area contributed by atoms with Crippen molar-refractivity contribution < 1.29 is 4.79 Å². The molecule has 1 unspecified atom stereocenters. The van der Waals surface area contributed by atoms with Crippen LogP contribution >= 0.6 is 0 Å². The molecular weight excluding hydrogens is 210 g/mol. The minimum absolute atomic E-state index is 0.0318. The van der Waals surface area contributed by atoms with E-state index in [1.165, 1.54) is 25.7 Å². The molecule has 1 fully saturated rings. The third-order valence-electron chi connectivity index (χ3n) is 3.81. The molecule has 0 bridgehead atoms. The summed E-state index contributed by atoms with van der Waals surface area (Å²) in [6.07, 6.45) is 6.25. The van der Waals surface area contributed by atoms with Crippen molar-refractivity contribution in [1.82, 2.24) is 5.32 Å². The normalized spacial score (nSPS) is 17.9. The maximum absolute atomic E-state index is 12.0. The minimum atomic E-state index is 0.0318. The van der Waals surface area contributed by atoms with Crippen molar-refractivity contribution in [3.63, 3.8) is 0 Å². The predicted octanol–water partition coefficient (Wildman–Crippen LogP) is 3.10. The van der Waals surface area contributed by atoms with Crippen LogP contribution in [0.1, 0.15) is 43.6 Å². The molecule has 1 aliphatic rings. The molecule has 17 heavy (non-hydrogen) atoms. The molecule has 2 heteroatoms. The number of amides is 1. The van der Waals surface area contributed by atoms with E-state index in [-0.39, 0.29) is 11.8 Å². The van der Waals surface area contributed by atoms with Crippen LogP contribution in [0.4, 0.5) is 0 Å². The summed E-state index contributed by atoms with van der Waals surface area (Å²) < 4.78 is 0. The Bertz CT molecular complexity index is 354. The smallest absolute Gasteiger partial charge is 0.227 e. The Kier molecular flexibility index (Phi) is 4.18. The molecule has 0 spiro atoms. The van der Waals surface area contributed by atoms with Gasteiger partial charge >= 0.3 is 0 Å². The summed E-state index contributed by atoms with van der Waals surface area (Å²) in [6.45, 7) is 0. The van der Waals surface area contributed by atoms with Gasteiger partial charge in [-0.1, -0.05) is 56.0 Å². The van der Waals surface area contributed by atoms with E-state index >= 15 is 0 Å². The van der Waals surface area contributed by atoms with E-state index in [2.05, 4.69) is 17.4 Å². The number of nitrogens with one attached hydrogen (secondary N) is 1. The molecule has 2 nitrogen and oxygen atoms in total. The van der Waals surface area contributed by atoms with Crippen molar-refractivity contribution in [3.8, 4) is 0 Å². The van der Waals surface area contributed by atoms with Crippen molar-refractivity contribution in [3.05, 3.63) is 35.9 Å². The van der Waals surface area contributed by atoms with Gasteiger partial charge in [0.25, 0.3) is 0 Å². The van der Waals surface area contributed by atoms with Gasteiger partial charge in [-0.25, -0.2) is 0 Å². The van der Waals surface area contributed by atoms with Crippen molar-refractivity contribution >= 4 is 5.91 Å². The quantitative estimate of drug-likeness (QED) is 0.847. The standard InChI is InChI=1S/C15H21NO/c1-16-15(17)14(11-12-7-5-6-8-12)13-9-3-2-4-10-13/h2-4,9-10,12,14H,5-8,11H2,1H3,(H,16,17). The van der Waals surface area contributed by atoms with Gasteiger partial charge < -0.3 is 5.32 Å².